The van der Waals surface area contributed by atoms with Crippen LogP contribution in [0.1, 0.15) is 0 Å². The van der Waals surface area contributed by atoms with E-state index in [0.29, 0.717) is 0 Å². The van der Waals surface area contributed by atoms with Gasteiger partial charge in [-0.25, -0.2) is 10.8 Å². The highest BCUT2D eigenvalue weighted by atomic mass is 19.4. The van der Waals surface area contributed by atoms with Crippen LogP contribution in [0, 0.1) is 0 Å². The Morgan fingerprint density at radius 2 is 2.12 bits per heavy atom. The highest BCUT2D eigenvalue weighted by Crippen LogP contribution is 2.21. The zero-order valence-electron chi connectivity index (χ0n) is 8.91. The lowest BCUT2D eigenvalue weighted by Crippen LogP contribution is -2.36. The smallest absolute Gasteiger partial charge is 0.395 e. The van der Waals surface area contributed by atoms with E-state index >= 15 is 0 Å². The minimum absolute atomic E-state index is 0.104. The Hall–Kier alpha value is -1.54. The second-order valence-corrected chi connectivity index (χ2v) is 3.29. The summed E-state index contributed by atoms with van der Waals surface area (Å²) in [6, 6.07) is 4.47. The van der Waals surface area contributed by atoms with E-state index in [1.54, 1.807) is 0 Å². The quantitative estimate of drug-likeness (QED) is 0.530. The fourth-order valence-corrected chi connectivity index (χ4v) is 1.29. The molecular formula is C9H13F3N4O. The molecular weight excluding hydrogens is 237 g/mol. The molecule has 0 amide bonds. The summed E-state index contributed by atoms with van der Waals surface area (Å²) in [5.74, 6) is 5.48. The molecule has 5 nitrogen and oxygen atoms in total. The van der Waals surface area contributed by atoms with Gasteiger partial charge in [-0.3, -0.25) is 0 Å². The number of nitrogens with zero attached hydrogens (tertiary/aromatic N) is 2. The normalized spacial score (nSPS) is 11.4. The fourth-order valence-electron chi connectivity index (χ4n) is 1.29. The standard InChI is InChI=1S/C9H13F3N4O/c10-9(11,12)6-16(4-5-17)8-3-1-2-7(14-8)15-13/h1-3,17H,4-6,13H2,(H,14,15). The highest BCUT2D eigenvalue weighted by molar-refractivity contribution is 5.46. The zero-order chi connectivity index (χ0) is 12.9. The van der Waals surface area contributed by atoms with Crippen LogP contribution in [0.5, 0.6) is 0 Å². The third-order valence-corrected chi connectivity index (χ3v) is 1.95. The first kappa shape index (κ1) is 13.5. The van der Waals surface area contributed by atoms with Crippen LogP contribution in [0.15, 0.2) is 18.2 Å². The number of hydrogen-bond acceptors (Lipinski definition) is 5. The highest BCUT2D eigenvalue weighted by Gasteiger charge is 2.31. The van der Waals surface area contributed by atoms with Crippen LogP contribution in [0.25, 0.3) is 0 Å². The van der Waals surface area contributed by atoms with Crippen molar-refractivity contribution < 1.29 is 18.3 Å². The molecule has 96 valence electrons. The number of alkyl halides is 3. The van der Waals surface area contributed by atoms with E-state index in [1.165, 1.54) is 18.2 Å². The molecule has 0 aliphatic heterocycles. The Morgan fingerprint density at radius 3 is 2.65 bits per heavy atom. The van der Waals surface area contributed by atoms with Crippen molar-refractivity contribution >= 4 is 11.6 Å². The van der Waals surface area contributed by atoms with Gasteiger partial charge >= 0.3 is 6.18 Å². The molecule has 8 heteroatoms. The van der Waals surface area contributed by atoms with E-state index in [1.807, 2.05) is 0 Å². The summed E-state index contributed by atoms with van der Waals surface area (Å²) in [7, 11) is 0. The van der Waals surface area contributed by atoms with Gasteiger partial charge in [0.25, 0.3) is 0 Å². The average molecular weight is 250 g/mol. The molecule has 0 aliphatic carbocycles. The van der Waals surface area contributed by atoms with E-state index in [9.17, 15) is 13.2 Å². The Kier molecular flexibility index (Phi) is 4.53. The van der Waals surface area contributed by atoms with Crippen molar-refractivity contribution in [2.24, 2.45) is 5.84 Å². The fraction of sp³-hybridized carbons (Fsp3) is 0.444. The van der Waals surface area contributed by atoms with Gasteiger partial charge in [0.2, 0.25) is 0 Å². The minimum Gasteiger partial charge on any atom is -0.395 e. The molecule has 0 saturated carbocycles. The topological polar surface area (TPSA) is 74.4 Å². The number of aromatic nitrogens is 1. The Labute approximate surface area is 96.0 Å². The molecule has 0 radical (unpaired) electrons. The second-order valence-electron chi connectivity index (χ2n) is 3.29. The van der Waals surface area contributed by atoms with Gasteiger partial charge in [0.15, 0.2) is 0 Å². The number of rotatable bonds is 5. The van der Waals surface area contributed by atoms with E-state index in [0.717, 1.165) is 4.90 Å². The van der Waals surface area contributed by atoms with Crippen molar-refractivity contribution in [3.05, 3.63) is 18.2 Å². The van der Waals surface area contributed by atoms with Crippen LogP contribution in [0.3, 0.4) is 0 Å². The van der Waals surface area contributed by atoms with Gasteiger partial charge in [-0.1, -0.05) is 6.07 Å². The van der Waals surface area contributed by atoms with Crippen LogP contribution in [0.2, 0.25) is 0 Å². The lowest BCUT2D eigenvalue weighted by atomic mass is 10.4. The summed E-state index contributed by atoms with van der Waals surface area (Å²) >= 11 is 0. The van der Waals surface area contributed by atoms with E-state index in [-0.39, 0.29) is 18.2 Å². The number of nitrogens with one attached hydrogen (secondary N) is 1. The molecule has 0 spiro atoms. The minimum atomic E-state index is -4.36. The number of nitrogen functional groups attached to an aromatic ring is 1. The van der Waals surface area contributed by atoms with Crippen LogP contribution >= 0.6 is 0 Å². The summed E-state index contributed by atoms with van der Waals surface area (Å²) in [4.78, 5) is 4.80. The van der Waals surface area contributed by atoms with Crippen LogP contribution in [-0.4, -0.2) is 36.0 Å². The van der Waals surface area contributed by atoms with Crippen molar-refractivity contribution in [1.29, 1.82) is 0 Å². The zero-order valence-corrected chi connectivity index (χ0v) is 8.91. The maximum Gasteiger partial charge on any atom is 0.405 e. The molecule has 1 aromatic heterocycles. The number of aliphatic hydroxyl groups excluding tert-OH is 1. The summed E-state index contributed by atoms with van der Waals surface area (Å²) in [5.41, 5.74) is 2.25. The third kappa shape index (κ3) is 4.45. The predicted octanol–water partition coefficient (Wildman–Crippen LogP) is 0.728. The summed E-state index contributed by atoms with van der Waals surface area (Å²) in [6.45, 7) is -1.72. The van der Waals surface area contributed by atoms with Crippen molar-refractivity contribution in [3.8, 4) is 0 Å². The first-order valence-corrected chi connectivity index (χ1v) is 4.82. The molecule has 1 heterocycles. The van der Waals surface area contributed by atoms with Gasteiger partial charge < -0.3 is 15.4 Å². The van der Waals surface area contributed by atoms with Gasteiger partial charge in [-0.15, -0.1) is 0 Å². The maximum atomic E-state index is 12.3. The Balaban J connectivity index is 2.88. The number of anilines is 2. The number of hydrazine groups is 1. The Bertz CT molecular complexity index is 358. The first-order valence-electron chi connectivity index (χ1n) is 4.82. The van der Waals surface area contributed by atoms with Crippen molar-refractivity contribution in [1.82, 2.24) is 4.98 Å². The van der Waals surface area contributed by atoms with Crippen LogP contribution < -0.4 is 16.2 Å². The number of hydrogen-bond donors (Lipinski definition) is 3. The number of nitrogens with two attached hydrogens (primary N) is 1. The lowest BCUT2D eigenvalue weighted by Gasteiger charge is -2.24. The molecule has 4 N–H and O–H groups in total. The van der Waals surface area contributed by atoms with E-state index in [4.69, 9.17) is 10.9 Å². The molecule has 0 bridgehead atoms. The van der Waals surface area contributed by atoms with Crippen molar-refractivity contribution in [2.75, 3.05) is 30.0 Å². The monoisotopic (exact) mass is 250 g/mol. The molecule has 0 aliphatic rings. The number of pyridine rings is 1. The van der Waals surface area contributed by atoms with Gasteiger partial charge in [0, 0.05) is 6.54 Å². The molecule has 0 aromatic carbocycles. The average Bonchev–Trinajstić information content (AvgIpc) is 2.27. The van der Waals surface area contributed by atoms with Crippen molar-refractivity contribution in [3.63, 3.8) is 0 Å². The van der Waals surface area contributed by atoms with Gasteiger partial charge in [0.05, 0.1) is 6.61 Å². The Morgan fingerprint density at radius 1 is 1.41 bits per heavy atom. The molecule has 0 fully saturated rings. The molecule has 1 rings (SSSR count). The second kappa shape index (κ2) is 5.69. The number of halogens is 3. The largest absolute Gasteiger partial charge is 0.405 e. The SMILES string of the molecule is NNc1cccc(N(CCO)CC(F)(F)F)n1. The molecule has 17 heavy (non-hydrogen) atoms. The molecule has 0 atom stereocenters. The van der Waals surface area contributed by atoms with E-state index in [2.05, 4.69) is 10.4 Å². The van der Waals surface area contributed by atoms with E-state index < -0.39 is 19.3 Å². The number of aliphatic hydroxyl groups is 1. The molecule has 1 aromatic rings. The van der Waals surface area contributed by atoms with Gasteiger partial charge in [-0.2, -0.15) is 13.2 Å². The van der Waals surface area contributed by atoms with Crippen LogP contribution in [-0.2, 0) is 0 Å². The van der Waals surface area contributed by atoms with Gasteiger partial charge in [0.1, 0.15) is 18.2 Å². The predicted molar refractivity (Wildman–Crippen MR) is 57.4 cm³/mol. The summed E-state index contributed by atoms with van der Waals surface area (Å²) in [5, 5.41) is 8.74. The van der Waals surface area contributed by atoms with Gasteiger partial charge in [-0.05, 0) is 12.1 Å². The van der Waals surface area contributed by atoms with Crippen LogP contribution in [0.4, 0.5) is 24.8 Å². The maximum absolute atomic E-state index is 12.3. The van der Waals surface area contributed by atoms with Crippen molar-refractivity contribution in [2.45, 2.75) is 6.18 Å². The summed E-state index contributed by atoms with van der Waals surface area (Å²) in [6.07, 6.45) is -4.36. The third-order valence-electron chi connectivity index (χ3n) is 1.95. The summed E-state index contributed by atoms with van der Waals surface area (Å²) < 4.78 is 36.9. The molecule has 0 unspecified atom stereocenters. The lowest BCUT2D eigenvalue weighted by molar-refractivity contribution is -0.119. The first-order chi connectivity index (χ1) is 7.96. The molecule has 0 saturated heterocycles.